The summed E-state index contributed by atoms with van der Waals surface area (Å²) in [6.07, 6.45) is 20.6. The van der Waals surface area contributed by atoms with Gasteiger partial charge in [0.05, 0.1) is 0 Å². The fourth-order valence-corrected chi connectivity index (χ4v) is 2.16. The molecule has 0 aliphatic heterocycles. The predicted molar refractivity (Wildman–Crippen MR) is 102 cm³/mol. The van der Waals surface area contributed by atoms with Gasteiger partial charge < -0.3 is 9.90 Å². The summed E-state index contributed by atoms with van der Waals surface area (Å²) in [6.45, 7) is 2.09. The fraction of sp³-hybridized carbons (Fsp3) is 0.550. The van der Waals surface area contributed by atoms with Crippen molar-refractivity contribution in [1.29, 1.82) is 0 Å². The van der Waals surface area contributed by atoms with Crippen molar-refractivity contribution in [2.45, 2.75) is 70.4 Å². The molecule has 1 N–H and O–H groups in total. The van der Waals surface area contributed by atoms with Crippen LogP contribution in [0.4, 0.5) is 0 Å². The lowest BCUT2D eigenvalue weighted by Crippen LogP contribution is -2.32. The monoisotopic (exact) mass is 349 g/mol. The summed E-state index contributed by atoms with van der Waals surface area (Å²) in [6, 6.07) is -0.993. The predicted octanol–water partition coefficient (Wildman–Crippen LogP) is 4.56. The molecule has 2 atom stereocenters. The molecule has 0 heterocycles. The third kappa shape index (κ3) is 14.1. The Bertz CT molecular complexity index is 466. The van der Waals surface area contributed by atoms with E-state index in [9.17, 15) is 20.0 Å². The summed E-state index contributed by atoms with van der Waals surface area (Å²) in [4.78, 5) is 20.9. The molecule has 0 radical (unpaired) electrons. The van der Waals surface area contributed by atoms with E-state index in [4.69, 9.17) is 0 Å². The van der Waals surface area contributed by atoms with Crippen molar-refractivity contribution in [2.75, 3.05) is 0 Å². The van der Waals surface area contributed by atoms with Gasteiger partial charge in [0, 0.05) is 17.8 Å². The van der Waals surface area contributed by atoms with Crippen LogP contribution in [0.1, 0.15) is 58.3 Å². The van der Waals surface area contributed by atoms with Gasteiger partial charge in [-0.05, 0) is 38.5 Å². The second kappa shape index (κ2) is 16.8. The number of carbonyl (C=O) groups is 1. The van der Waals surface area contributed by atoms with Crippen molar-refractivity contribution >= 4 is 6.29 Å². The molecule has 0 bridgehead atoms. The van der Waals surface area contributed by atoms with Crippen LogP contribution in [0.5, 0.6) is 0 Å². The summed E-state index contributed by atoms with van der Waals surface area (Å²) >= 11 is 0. The Balaban J connectivity index is 4.14. The van der Waals surface area contributed by atoms with Gasteiger partial charge in [-0.1, -0.05) is 55.5 Å². The van der Waals surface area contributed by atoms with Gasteiger partial charge in [0.1, 0.15) is 12.4 Å². The van der Waals surface area contributed by atoms with Crippen molar-refractivity contribution in [3.63, 3.8) is 0 Å². The maximum Gasteiger partial charge on any atom is 0.242 e. The van der Waals surface area contributed by atoms with E-state index in [1.165, 1.54) is 0 Å². The van der Waals surface area contributed by atoms with E-state index >= 15 is 0 Å². The van der Waals surface area contributed by atoms with E-state index in [1.54, 1.807) is 12.2 Å². The van der Waals surface area contributed by atoms with Gasteiger partial charge in [0.25, 0.3) is 0 Å². The highest BCUT2D eigenvalue weighted by Gasteiger charge is 2.27. The fourth-order valence-electron chi connectivity index (χ4n) is 2.16. The lowest BCUT2D eigenvalue weighted by atomic mass is 10.0. The number of nitrogens with zero attached hydrogens (tertiary/aromatic N) is 1. The number of rotatable bonds is 15. The lowest BCUT2D eigenvalue weighted by molar-refractivity contribution is -0.533. The molecule has 25 heavy (non-hydrogen) atoms. The van der Waals surface area contributed by atoms with E-state index in [-0.39, 0.29) is 12.8 Å². The third-order valence-corrected chi connectivity index (χ3v) is 3.61. The molecule has 0 aliphatic rings. The first-order valence-corrected chi connectivity index (χ1v) is 8.98. The molecular formula is C20H31NO4. The van der Waals surface area contributed by atoms with Crippen molar-refractivity contribution in [2.24, 2.45) is 0 Å². The van der Waals surface area contributed by atoms with Crippen molar-refractivity contribution < 1.29 is 14.8 Å². The van der Waals surface area contributed by atoms with E-state index in [1.807, 2.05) is 18.2 Å². The number of allylic oxidation sites excluding steroid dienone is 6. The molecule has 2 unspecified atom stereocenters. The highest BCUT2D eigenvalue weighted by molar-refractivity contribution is 5.49. The Labute approximate surface area is 151 Å². The van der Waals surface area contributed by atoms with E-state index < -0.39 is 17.1 Å². The van der Waals surface area contributed by atoms with Gasteiger partial charge in [-0.25, -0.2) is 0 Å². The van der Waals surface area contributed by atoms with Crippen LogP contribution < -0.4 is 0 Å². The Hall–Kier alpha value is -2.01. The summed E-state index contributed by atoms with van der Waals surface area (Å²) in [5.74, 6) is 0. The number of aliphatic hydroxyl groups excluding tert-OH is 1. The van der Waals surface area contributed by atoms with Gasteiger partial charge in [0.2, 0.25) is 6.04 Å². The molecule has 5 nitrogen and oxygen atoms in total. The minimum Gasteiger partial charge on any atom is -0.386 e. The number of unbranched alkanes of at least 4 members (excludes halogenated alkanes) is 2. The largest absolute Gasteiger partial charge is 0.386 e. The average Bonchev–Trinajstić information content (AvgIpc) is 2.59. The summed E-state index contributed by atoms with van der Waals surface area (Å²) < 4.78 is 0. The third-order valence-electron chi connectivity index (χ3n) is 3.61. The summed E-state index contributed by atoms with van der Waals surface area (Å²) in [7, 11) is 0. The SMILES string of the molecule is CC/C=C\C/C=C\C/C=C\CC(C(O)C/C=C\CCCC=O)[N+](=O)[O-]. The van der Waals surface area contributed by atoms with Crippen LogP contribution in [0.2, 0.25) is 0 Å². The molecule has 0 rings (SSSR count). The molecule has 0 spiro atoms. The van der Waals surface area contributed by atoms with Crippen LogP contribution in [0, 0.1) is 10.1 Å². The van der Waals surface area contributed by atoms with E-state index in [0.717, 1.165) is 38.4 Å². The van der Waals surface area contributed by atoms with E-state index in [0.29, 0.717) is 6.42 Å². The minimum absolute atomic E-state index is 0.219. The van der Waals surface area contributed by atoms with Crippen molar-refractivity contribution in [1.82, 2.24) is 0 Å². The molecule has 5 heteroatoms. The molecule has 0 aliphatic carbocycles. The Morgan fingerprint density at radius 1 is 0.920 bits per heavy atom. The molecular weight excluding hydrogens is 318 g/mol. The zero-order valence-electron chi connectivity index (χ0n) is 15.1. The molecule has 0 saturated heterocycles. The lowest BCUT2D eigenvalue weighted by Gasteiger charge is -2.12. The number of hydrogen-bond donors (Lipinski definition) is 1. The van der Waals surface area contributed by atoms with Crippen molar-refractivity contribution in [3.8, 4) is 0 Å². The van der Waals surface area contributed by atoms with E-state index in [2.05, 4.69) is 25.2 Å². The van der Waals surface area contributed by atoms with Crippen LogP contribution in [-0.4, -0.2) is 28.5 Å². The topological polar surface area (TPSA) is 80.4 Å². The zero-order valence-corrected chi connectivity index (χ0v) is 15.1. The maximum absolute atomic E-state index is 11.1. The Kier molecular flexibility index (Phi) is 15.5. The normalized spacial score (nSPS) is 14.8. The van der Waals surface area contributed by atoms with Crippen molar-refractivity contribution in [3.05, 3.63) is 58.7 Å². The van der Waals surface area contributed by atoms with Crippen LogP contribution in [0.25, 0.3) is 0 Å². The van der Waals surface area contributed by atoms with Gasteiger partial charge in [-0.2, -0.15) is 0 Å². The highest BCUT2D eigenvalue weighted by atomic mass is 16.6. The molecule has 0 fully saturated rings. The Morgan fingerprint density at radius 2 is 1.52 bits per heavy atom. The highest BCUT2D eigenvalue weighted by Crippen LogP contribution is 2.10. The smallest absolute Gasteiger partial charge is 0.242 e. The zero-order chi connectivity index (χ0) is 18.8. The summed E-state index contributed by atoms with van der Waals surface area (Å²) in [5, 5.41) is 21.1. The molecule has 0 saturated carbocycles. The standard InChI is InChI=1S/C20H31NO4/c1-2-3-4-5-6-7-8-10-13-16-19(21(24)25)20(23)17-14-11-9-12-15-18-22/h3-4,6-7,10-11,13-14,18-20,23H,2,5,8-9,12,15-17H2,1H3/b4-3-,7-6-,13-10-,14-11-. The van der Waals surface area contributed by atoms with Gasteiger partial charge in [-0.15, -0.1) is 0 Å². The van der Waals surface area contributed by atoms with Crippen LogP contribution >= 0.6 is 0 Å². The van der Waals surface area contributed by atoms with Crippen LogP contribution in [0.3, 0.4) is 0 Å². The second-order valence-corrected chi connectivity index (χ2v) is 5.75. The Morgan fingerprint density at radius 3 is 2.12 bits per heavy atom. The first-order chi connectivity index (χ1) is 12.1. The average molecular weight is 349 g/mol. The molecule has 0 amide bonds. The number of hydrogen-bond acceptors (Lipinski definition) is 4. The molecule has 0 aromatic heterocycles. The molecule has 0 aromatic carbocycles. The number of aldehydes is 1. The first kappa shape index (κ1) is 23.0. The van der Waals surface area contributed by atoms with Crippen LogP contribution in [-0.2, 0) is 4.79 Å². The molecule has 0 aromatic rings. The van der Waals surface area contributed by atoms with Crippen LogP contribution in [0.15, 0.2) is 48.6 Å². The number of nitro groups is 1. The number of aliphatic hydroxyl groups is 1. The molecule has 140 valence electrons. The van der Waals surface area contributed by atoms with Gasteiger partial charge in [0.15, 0.2) is 0 Å². The van der Waals surface area contributed by atoms with Gasteiger partial charge in [-0.3, -0.25) is 10.1 Å². The quantitative estimate of drug-likeness (QED) is 0.154. The minimum atomic E-state index is -1.00. The summed E-state index contributed by atoms with van der Waals surface area (Å²) in [5.41, 5.74) is 0. The first-order valence-electron chi connectivity index (χ1n) is 8.98. The van der Waals surface area contributed by atoms with Gasteiger partial charge >= 0.3 is 0 Å². The second-order valence-electron chi connectivity index (χ2n) is 5.75. The maximum atomic E-state index is 11.1. The number of carbonyl (C=O) groups excluding carboxylic acids is 1.